The zero-order valence-corrected chi connectivity index (χ0v) is 8.75. The fraction of sp³-hybridized carbons (Fsp3) is 0.111. The molecule has 2 aromatic rings. The molecular formula is C9H10BrNO2. The van der Waals surface area contributed by atoms with E-state index in [1.165, 1.54) is 12.1 Å². The second-order valence-electron chi connectivity index (χ2n) is 2.88. The molecule has 2 rings (SSSR count). The topological polar surface area (TPSA) is 56.2 Å². The molecular weight excluding hydrogens is 234 g/mol. The Labute approximate surface area is 85.8 Å². The first kappa shape index (κ1) is 9.92. The van der Waals surface area contributed by atoms with E-state index in [4.69, 9.17) is 10.2 Å². The summed E-state index contributed by atoms with van der Waals surface area (Å²) in [5.41, 5.74) is 1.85. The molecule has 0 aliphatic rings. The average Bonchev–Trinajstić information content (AvgIpc) is 2.30. The van der Waals surface area contributed by atoms with Gasteiger partial charge in [0.25, 0.3) is 0 Å². The fourth-order valence-corrected chi connectivity index (χ4v) is 1.30. The first-order valence-corrected chi connectivity index (χ1v) is 3.68. The zero-order chi connectivity index (χ0) is 8.72. The second-order valence-corrected chi connectivity index (χ2v) is 2.88. The lowest BCUT2D eigenvalue weighted by atomic mass is 10.2. The summed E-state index contributed by atoms with van der Waals surface area (Å²) in [6, 6.07) is 4.96. The van der Waals surface area contributed by atoms with Gasteiger partial charge in [-0.1, -0.05) is 0 Å². The first-order chi connectivity index (χ1) is 5.66. The number of phenols is 2. The number of benzene rings is 1. The summed E-state index contributed by atoms with van der Waals surface area (Å²) in [6.45, 7) is 1.92. The third kappa shape index (κ3) is 1.62. The molecule has 0 aliphatic carbocycles. The van der Waals surface area contributed by atoms with Gasteiger partial charge in [-0.15, -0.1) is 17.0 Å². The van der Waals surface area contributed by atoms with Crippen LogP contribution in [0.3, 0.4) is 0 Å². The molecule has 0 aliphatic heterocycles. The zero-order valence-electron chi connectivity index (χ0n) is 7.03. The van der Waals surface area contributed by atoms with Crippen molar-refractivity contribution in [3.8, 4) is 11.5 Å². The van der Waals surface area contributed by atoms with Gasteiger partial charge in [-0.25, -0.2) is 0 Å². The number of fused-ring (bicyclic) bond motifs is 1. The number of aromatic nitrogens is 1. The monoisotopic (exact) mass is 243 g/mol. The number of halogens is 1. The summed E-state index contributed by atoms with van der Waals surface area (Å²) >= 11 is 0. The second kappa shape index (κ2) is 3.30. The van der Waals surface area contributed by atoms with E-state index in [9.17, 15) is 0 Å². The van der Waals surface area contributed by atoms with E-state index in [-0.39, 0.29) is 28.5 Å². The summed E-state index contributed by atoms with van der Waals surface area (Å²) in [5, 5.41) is 19.2. The van der Waals surface area contributed by atoms with Crippen molar-refractivity contribution in [3.63, 3.8) is 0 Å². The molecule has 13 heavy (non-hydrogen) atoms. The van der Waals surface area contributed by atoms with Crippen molar-refractivity contribution in [2.24, 2.45) is 0 Å². The van der Waals surface area contributed by atoms with Crippen molar-refractivity contribution in [1.82, 2.24) is 4.98 Å². The summed E-state index contributed by atoms with van der Waals surface area (Å²) in [4.78, 5) is 3.06. The van der Waals surface area contributed by atoms with Crippen LogP contribution in [0, 0.1) is 6.92 Å². The molecule has 1 heterocycles. The van der Waals surface area contributed by atoms with E-state index in [0.717, 1.165) is 16.6 Å². The number of aromatic hydroxyl groups is 2. The average molecular weight is 244 g/mol. The standard InChI is InChI=1S/C9H9NO2.BrH/c1-5-2-6-3-8(11)9(12)4-7(6)10-5;/h2-4,10-12H,1H3;1H. The number of hydrogen-bond acceptors (Lipinski definition) is 2. The fourth-order valence-electron chi connectivity index (χ4n) is 1.30. The van der Waals surface area contributed by atoms with Crippen molar-refractivity contribution in [2.75, 3.05) is 0 Å². The van der Waals surface area contributed by atoms with E-state index in [0.29, 0.717) is 0 Å². The minimum absolute atomic E-state index is 0. The SMILES string of the molecule is Br.Cc1cc2cc(O)c(O)cc2[nH]1. The van der Waals surface area contributed by atoms with Crippen LogP contribution in [0.1, 0.15) is 5.69 Å². The quantitative estimate of drug-likeness (QED) is 0.623. The predicted molar refractivity (Wildman–Crippen MR) is 56.7 cm³/mol. The maximum absolute atomic E-state index is 9.16. The number of H-pyrrole nitrogens is 1. The number of aromatic amines is 1. The smallest absolute Gasteiger partial charge is 0.159 e. The van der Waals surface area contributed by atoms with E-state index < -0.39 is 0 Å². The van der Waals surface area contributed by atoms with Crippen LogP contribution in [-0.2, 0) is 0 Å². The molecule has 1 aromatic carbocycles. The van der Waals surface area contributed by atoms with Crippen LogP contribution in [0.25, 0.3) is 10.9 Å². The number of aryl methyl sites for hydroxylation is 1. The Hall–Kier alpha value is -1.16. The maximum Gasteiger partial charge on any atom is 0.159 e. The van der Waals surface area contributed by atoms with Gasteiger partial charge in [-0.05, 0) is 19.1 Å². The van der Waals surface area contributed by atoms with Gasteiger partial charge in [0.2, 0.25) is 0 Å². The largest absolute Gasteiger partial charge is 0.504 e. The molecule has 0 fully saturated rings. The van der Waals surface area contributed by atoms with Crippen LogP contribution >= 0.6 is 17.0 Å². The molecule has 0 bridgehead atoms. The third-order valence-corrected chi connectivity index (χ3v) is 1.85. The van der Waals surface area contributed by atoms with Crippen LogP contribution in [-0.4, -0.2) is 15.2 Å². The maximum atomic E-state index is 9.16. The van der Waals surface area contributed by atoms with Crippen LogP contribution < -0.4 is 0 Å². The van der Waals surface area contributed by atoms with Crippen LogP contribution in [0.2, 0.25) is 0 Å². The Morgan fingerprint density at radius 1 is 1.08 bits per heavy atom. The molecule has 3 N–H and O–H groups in total. The van der Waals surface area contributed by atoms with Crippen molar-refractivity contribution >= 4 is 27.9 Å². The lowest BCUT2D eigenvalue weighted by Gasteiger charge is -1.95. The van der Waals surface area contributed by atoms with Crippen LogP contribution in [0.15, 0.2) is 18.2 Å². The Bertz CT molecular complexity index is 397. The van der Waals surface area contributed by atoms with E-state index in [2.05, 4.69) is 4.98 Å². The Kier molecular flexibility index (Phi) is 2.52. The number of nitrogens with one attached hydrogen (secondary N) is 1. The molecule has 0 unspecified atom stereocenters. The lowest BCUT2D eigenvalue weighted by Crippen LogP contribution is -1.70. The lowest BCUT2D eigenvalue weighted by molar-refractivity contribution is 0.405. The minimum Gasteiger partial charge on any atom is -0.504 e. The van der Waals surface area contributed by atoms with Gasteiger partial charge >= 0.3 is 0 Å². The van der Waals surface area contributed by atoms with E-state index in [1.807, 2.05) is 13.0 Å². The predicted octanol–water partition coefficient (Wildman–Crippen LogP) is 2.47. The van der Waals surface area contributed by atoms with Gasteiger partial charge in [0.15, 0.2) is 11.5 Å². The highest BCUT2D eigenvalue weighted by Gasteiger charge is 2.03. The summed E-state index contributed by atoms with van der Waals surface area (Å²) in [6.07, 6.45) is 0. The van der Waals surface area contributed by atoms with Crippen LogP contribution in [0.5, 0.6) is 11.5 Å². The molecule has 3 nitrogen and oxygen atoms in total. The molecule has 1 aromatic heterocycles. The Balaban J connectivity index is 0.000000845. The van der Waals surface area contributed by atoms with E-state index in [1.54, 1.807) is 0 Å². The molecule has 0 radical (unpaired) electrons. The highest BCUT2D eigenvalue weighted by molar-refractivity contribution is 8.93. The molecule has 0 amide bonds. The van der Waals surface area contributed by atoms with Gasteiger partial charge in [0.05, 0.1) is 0 Å². The summed E-state index contributed by atoms with van der Waals surface area (Å²) in [7, 11) is 0. The van der Waals surface area contributed by atoms with Crippen molar-refractivity contribution in [2.45, 2.75) is 6.92 Å². The van der Waals surface area contributed by atoms with E-state index >= 15 is 0 Å². The Morgan fingerprint density at radius 3 is 2.38 bits per heavy atom. The normalized spacial score (nSPS) is 9.92. The highest BCUT2D eigenvalue weighted by atomic mass is 79.9. The Morgan fingerprint density at radius 2 is 1.69 bits per heavy atom. The van der Waals surface area contributed by atoms with Crippen LogP contribution in [0.4, 0.5) is 0 Å². The molecule has 70 valence electrons. The molecule has 0 atom stereocenters. The third-order valence-electron chi connectivity index (χ3n) is 1.85. The summed E-state index contributed by atoms with van der Waals surface area (Å²) in [5.74, 6) is -0.175. The molecule has 0 saturated carbocycles. The number of rotatable bonds is 0. The van der Waals surface area contributed by atoms with Gasteiger partial charge in [0.1, 0.15) is 0 Å². The van der Waals surface area contributed by atoms with Crippen molar-refractivity contribution in [1.29, 1.82) is 0 Å². The minimum atomic E-state index is -0.0932. The van der Waals surface area contributed by atoms with Gasteiger partial charge < -0.3 is 15.2 Å². The van der Waals surface area contributed by atoms with Gasteiger partial charge in [-0.3, -0.25) is 0 Å². The molecule has 4 heteroatoms. The van der Waals surface area contributed by atoms with Gasteiger partial charge in [0, 0.05) is 22.7 Å². The van der Waals surface area contributed by atoms with Crippen molar-refractivity contribution < 1.29 is 10.2 Å². The highest BCUT2D eigenvalue weighted by Crippen LogP contribution is 2.29. The molecule has 0 saturated heterocycles. The van der Waals surface area contributed by atoms with Gasteiger partial charge in [-0.2, -0.15) is 0 Å². The molecule has 0 spiro atoms. The number of phenolic OH excluding ortho intramolecular Hbond substituents is 2. The summed E-state index contributed by atoms with van der Waals surface area (Å²) < 4.78 is 0. The first-order valence-electron chi connectivity index (χ1n) is 3.68. The number of hydrogen-bond donors (Lipinski definition) is 3. The van der Waals surface area contributed by atoms with Crippen molar-refractivity contribution in [3.05, 3.63) is 23.9 Å².